The molecule has 0 aliphatic heterocycles. The zero-order valence-corrected chi connectivity index (χ0v) is 12.4. The molecule has 0 atom stereocenters. The van der Waals surface area contributed by atoms with Gasteiger partial charge < -0.3 is 14.9 Å². The molecule has 0 aliphatic rings. The lowest BCUT2D eigenvalue weighted by Gasteiger charge is -2.08. The highest BCUT2D eigenvalue weighted by Crippen LogP contribution is 2.26. The smallest absolute Gasteiger partial charge is 0.338 e. The lowest BCUT2D eigenvalue weighted by Crippen LogP contribution is -2.33. The molecule has 1 heterocycles. The Bertz CT molecular complexity index is 761. The molecule has 0 saturated heterocycles. The number of hydrogen-bond donors (Lipinski definition) is 2. The minimum absolute atomic E-state index is 0.00116. The summed E-state index contributed by atoms with van der Waals surface area (Å²) in [5.74, 6) is 6.18. The molecule has 1 aromatic carbocycles. The number of hydrogen-bond acceptors (Lipinski definition) is 4. The molecule has 3 N–H and O–H groups in total. The van der Waals surface area contributed by atoms with Crippen LogP contribution in [0, 0.1) is 24.6 Å². The molecule has 2 aromatic rings. The van der Waals surface area contributed by atoms with E-state index >= 15 is 0 Å². The van der Waals surface area contributed by atoms with Gasteiger partial charge in [0.15, 0.2) is 5.76 Å². The number of ether oxygens (including phenoxy) is 1. The number of nitrogens with two attached hydrogens (primary N) is 1. The number of carbonyl (C=O) groups excluding carboxylic acids is 1. The summed E-state index contributed by atoms with van der Waals surface area (Å²) in [5, 5.41) is 9.44. The molecule has 0 aliphatic carbocycles. The molecule has 0 radical (unpaired) electrons. The molecule has 0 bridgehead atoms. The van der Waals surface area contributed by atoms with Crippen LogP contribution in [-0.4, -0.2) is 22.8 Å². The first kappa shape index (κ1) is 16.4. The van der Waals surface area contributed by atoms with Crippen molar-refractivity contribution in [3.05, 3.63) is 47.5 Å². The van der Waals surface area contributed by atoms with Gasteiger partial charge in [-0.3, -0.25) is 5.21 Å². The number of hydroxylamine groups is 2. The van der Waals surface area contributed by atoms with Crippen LogP contribution in [0.4, 0.5) is 9.18 Å². The van der Waals surface area contributed by atoms with E-state index in [0.29, 0.717) is 22.1 Å². The number of aryl methyl sites for hydroxylation is 1. The van der Waals surface area contributed by atoms with Crippen molar-refractivity contribution in [1.82, 2.24) is 5.06 Å². The van der Waals surface area contributed by atoms with Crippen molar-refractivity contribution in [3.63, 3.8) is 0 Å². The first-order chi connectivity index (χ1) is 11.0. The largest absolute Gasteiger partial charge is 0.426 e. The zero-order valence-electron chi connectivity index (χ0n) is 12.4. The van der Waals surface area contributed by atoms with E-state index in [-0.39, 0.29) is 24.7 Å². The Morgan fingerprint density at radius 2 is 2.22 bits per heavy atom. The van der Waals surface area contributed by atoms with Crippen LogP contribution in [0.3, 0.4) is 0 Å². The number of halogens is 1. The summed E-state index contributed by atoms with van der Waals surface area (Å²) in [6.45, 7) is 1.72. The molecule has 2 amide bonds. The highest BCUT2D eigenvalue weighted by molar-refractivity contribution is 5.70. The van der Waals surface area contributed by atoms with Crippen LogP contribution in [0.2, 0.25) is 0 Å². The van der Waals surface area contributed by atoms with Gasteiger partial charge in [0, 0.05) is 12.5 Å². The van der Waals surface area contributed by atoms with E-state index in [0.717, 1.165) is 0 Å². The Morgan fingerprint density at radius 3 is 2.91 bits per heavy atom. The number of nitrogens with zero attached hydrogens (tertiary/aromatic N) is 1. The van der Waals surface area contributed by atoms with Crippen LogP contribution in [0.15, 0.2) is 34.7 Å². The summed E-state index contributed by atoms with van der Waals surface area (Å²) < 4.78 is 23.9. The first-order valence-corrected chi connectivity index (χ1v) is 6.74. The van der Waals surface area contributed by atoms with Gasteiger partial charge in [-0.15, -0.1) is 0 Å². The van der Waals surface area contributed by atoms with Crippen molar-refractivity contribution < 1.29 is 23.5 Å². The number of rotatable bonds is 4. The molecule has 7 heteroatoms. The third kappa shape index (κ3) is 4.76. The average molecular weight is 318 g/mol. The van der Waals surface area contributed by atoms with Gasteiger partial charge in [-0.1, -0.05) is 5.92 Å². The summed E-state index contributed by atoms with van der Waals surface area (Å²) in [4.78, 5) is 10.6. The number of furan rings is 1. The number of urea groups is 1. The fraction of sp³-hybridized carbons (Fsp3) is 0.188. The fourth-order valence-electron chi connectivity index (χ4n) is 1.70. The molecule has 0 saturated carbocycles. The van der Waals surface area contributed by atoms with Crippen molar-refractivity contribution in [2.24, 2.45) is 5.73 Å². The van der Waals surface area contributed by atoms with Gasteiger partial charge in [0.25, 0.3) is 5.95 Å². The highest BCUT2D eigenvalue weighted by Gasteiger charge is 2.06. The highest BCUT2D eigenvalue weighted by atomic mass is 19.1. The van der Waals surface area contributed by atoms with Crippen LogP contribution in [0.5, 0.6) is 11.7 Å². The van der Waals surface area contributed by atoms with E-state index in [4.69, 9.17) is 20.1 Å². The fourth-order valence-corrected chi connectivity index (χ4v) is 1.70. The Hall–Kier alpha value is -2.98. The second-order valence-corrected chi connectivity index (χ2v) is 4.64. The third-order valence-electron chi connectivity index (χ3n) is 2.84. The lowest BCUT2D eigenvalue weighted by molar-refractivity contribution is -0.0372. The van der Waals surface area contributed by atoms with E-state index < -0.39 is 6.03 Å². The van der Waals surface area contributed by atoms with E-state index in [2.05, 4.69) is 11.8 Å². The number of benzene rings is 1. The number of primary amides is 1. The SMILES string of the molecule is Cc1cc(F)ccc1Oc1ccc(C#CCCN(O)C(N)=O)o1. The minimum atomic E-state index is -0.935. The molecule has 0 fully saturated rings. The summed E-state index contributed by atoms with van der Waals surface area (Å²) in [6, 6.07) is 6.44. The van der Waals surface area contributed by atoms with Gasteiger partial charge in [0.05, 0.1) is 6.54 Å². The summed E-state index contributed by atoms with van der Waals surface area (Å²) in [6.07, 6.45) is 0.230. The minimum Gasteiger partial charge on any atom is -0.426 e. The van der Waals surface area contributed by atoms with Crippen molar-refractivity contribution >= 4 is 6.03 Å². The first-order valence-electron chi connectivity index (χ1n) is 6.74. The van der Waals surface area contributed by atoms with Gasteiger partial charge in [-0.2, -0.15) is 0 Å². The van der Waals surface area contributed by atoms with Crippen LogP contribution >= 0.6 is 0 Å². The monoisotopic (exact) mass is 318 g/mol. The van der Waals surface area contributed by atoms with Crippen LogP contribution in [-0.2, 0) is 0 Å². The summed E-state index contributed by atoms with van der Waals surface area (Å²) in [5.41, 5.74) is 5.50. The molecule has 0 unspecified atom stereocenters. The second kappa shape index (κ2) is 7.33. The van der Waals surface area contributed by atoms with Gasteiger partial charge in [0.1, 0.15) is 11.6 Å². The summed E-state index contributed by atoms with van der Waals surface area (Å²) in [7, 11) is 0. The van der Waals surface area contributed by atoms with E-state index in [1.807, 2.05) is 0 Å². The van der Waals surface area contributed by atoms with E-state index in [1.165, 1.54) is 18.2 Å². The molecule has 1 aromatic heterocycles. The van der Waals surface area contributed by atoms with E-state index in [1.54, 1.807) is 19.1 Å². The Balaban J connectivity index is 1.94. The predicted molar refractivity (Wildman–Crippen MR) is 79.5 cm³/mol. The Kier molecular flexibility index (Phi) is 5.23. The molecule has 2 rings (SSSR count). The standard InChI is InChI=1S/C16H15FN2O4/c1-11-10-12(17)5-7-14(11)23-15-8-6-13(22-15)4-2-3-9-19(21)16(18)20/h5-8,10,21H,3,9H2,1H3,(H2,18,20). The van der Waals surface area contributed by atoms with Gasteiger partial charge >= 0.3 is 6.03 Å². The van der Waals surface area contributed by atoms with Crippen LogP contribution < -0.4 is 10.5 Å². The molecule has 6 nitrogen and oxygen atoms in total. The number of carbonyl (C=O) groups is 1. The maximum Gasteiger partial charge on any atom is 0.338 e. The normalized spacial score (nSPS) is 9.87. The predicted octanol–water partition coefficient (Wildman–Crippen LogP) is 3.03. The van der Waals surface area contributed by atoms with Crippen LogP contribution in [0.25, 0.3) is 0 Å². The maximum atomic E-state index is 13.0. The Labute approximate surface area is 132 Å². The molecular weight excluding hydrogens is 303 g/mol. The van der Waals surface area contributed by atoms with Gasteiger partial charge in [0.2, 0.25) is 0 Å². The zero-order chi connectivity index (χ0) is 16.8. The quantitative estimate of drug-likeness (QED) is 0.515. The molecule has 23 heavy (non-hydrogen) atoms. The molecular formula is C16H15FN2O4. The van der Waals surface area contributed by atoms with E-state index in [9.17, 15) is 9.18 Å². The summed E-state index contributed by atoms with van der Waals surface area (Å²) >= 11 is 0. The van der Waals surface area contributed by atoms with Crippen molar-refractivity contribution in [1.29, 1.82) is 0 Å². The van der Waals surface area contributed by atoms with Crippen LogP contribution in [0.1, 0.15) is 17.7 Å². The maximum absolute atomic E-state index is 13.0. The topological polar surface area (TPSA) is 88.9 Å². The molecule has 0 spiro atoms. The third-order valence-corrected chi connectivity index (χ3v) is 2.84. The van der Waals surface area contributed by atoms with Gasteiger partial charge in [-0.05, 0) is 42.7 Å². The Morgan fingerprint density at radius 1 is 1.43 bits per heavy atom. The van der Waals surface area contributed by atoms with Gasteiger partial charge in [-0.25, -0.2) is 14.2 Å². The van der Waals surface area contributed by atoms with Crippen molar-refractivity contribution in [3.8, 4) is 23.5 Å². The number of amides is 2. The van der Waals surface area contributed by atoms with Crippen molar-refractivity contribution in [2.75, 3.05) is 6.54 Å². The lowest BCUT2D eigenvalue weighted by atomic mass is 10.2. The average Bonchev–Trinajstić information content (AvgIpc) is 2.94. The second-order valence-electron chi connectivity index (χ2n) is 4.64. The van der Waals surface area contributed by atoms with Crippen molar-refractivity contribution in [2.45, 2.75) is 13.3 Å². The molecule has 120 valence electrons.